The molecule has 1 aliphatic rings. The average Bonchev–Trinajstić information content (AvgIpc) is 2.93. The Kier molecular flexibility index (Phi) is 4.70. The molecular formula is C19H20FN3O2. The molecule has 1 fully saturated rings. The van der Waals surface area contributed by atoms with Crippen molar-refractivity contribution in [2.45, 2.75) is 13.8 Å². The maximum Gasteiger partial charge on any atom is 0.325 e. The van der Waals surface area contributed by atoms with Gasteiger partial charge < -0.3 is 10.2 Å². The Hall–Kier alpha value is -2.89. The van der Waals surface area contributed by atoms with Crippen LogP contribution in [0.3, 0.4) is 0 Å². The smallest absolute Gasteiger partial charge is 0.324 e. The highest BCUT2D eigenvalue weighted by molar-refractivity contribution is 5.99. The lowest BCUT2D eigenvalue weighted by atomic mass is 10.1. The predicted octanol–water partition coefficient (Wildman–Crippen LogP) is 3.32. The van der Waals surface area contributed by atoms with Gasteiger partial charge in [0, 0.05) is 24.5 Å². The Balaban J connectivity index is 1.65. The number of hydrogen-bond acceptors (Lipinski definition) is 2. The molecule has 0 aromatic heterocycles. The Labute approximate surface area is 146 Å². The van der Waals surface area contributed by atoms with Crippen LogP contribution in [-0.4, -0.2) is 36.5 Å². The Bertz CT molecular complexity index is 785. The van der Waals surface area contributed by atoms with Crippen molar-refractivity contribution >= 4 is 23.3 Å². The quantitative estimate of drug-likeness (QED) is 0.927. The van der Waals surface area contributed by atoms with E-state index in [-0.39, 0.29) is 24.3 Å². The van der Waals surface area contributed by atoms with Gasteiger partial charge in [0.1, 0.15) is 12.4 Å². The van der Waals surface area contributed by atoms with Crippen LogP contribution in [0.25, 0.3) is 0 Å². The first-order valence-electron chi connectivity index (χ1n) is 8.14. The highest BCUT2D eigenvalue weighted by Crippen LogP contribution is 2.22. The van der Waals surface area contributed by atoms with E-state index >= 15 is 0 Å². The van der Waals surface area contributed by atoms with Crippen molar-refractivity contribution in [1.29, 1.82) is 0 Å². The number of rotatable bonds is 4. The zero-order valence-corrected chi connectivity index (χ0v) is 14.3. The van der Waals surface area contributed by atoms with E-state index in [1.165, 1.54) is 17.0 Å². The number of benzene rings is 2. The molecule has 1 heterocycles. The molecule has 2 aromatic carbocycles. The third kappa shape index (κ3) is 3.63. The third-order valence-electron chi connectivity index (χ3n) is 4.31. The minimum Gasteiger partial charge on any atom is -0.324 e. The summed E-state index contributed by atoms with van der Waals surface area (Å²) in [7, 11) is 0. The molecule has 130 valence electrons. The monoisotopic (exact) mass is 341 g/mol. The van der Waals surface area contributed by atoms with Crippen molar-refractivity contribution in [3.05, 3.63) is 59.4 Å². The van der Waals surface area contributed by atoms with Gasteiger partial charge in [0.25, 0.3) is 0 Å². The number of hydrogen-bond donors (Lipinski definition) is 1. The lowest BCUT2D eigenvalue weighted by Crippen LogP contribution is -2.37. The van der Waals surface area contributed by atoms with E-state index in [4.69, 9.17) is 0 Å². The van der Waals surface area contributed by atoms with Crippen LogP contribution < -0.4 is 10.2 Å². The van der Waals surface area contributed by atoms with E-state index < -0.39 is 0 Å². The van der Waals surface area contributed by atoms with Crippen molar-refractivity contribution in [1.82, 2.24) is 4.90 Å². The fourth-order valence-electron chi connectivity index (χ4n) is 2.95. The largest absolute Gasteiger partial charge is 0.325 e. The van der Waals surface area contributed by atoms with E-state index in [1.807, 2.05) is 32.0 Å². The summed E-state index contributed by atoms with van der Waals surface area (Å²) < 4.78 is 13.0. The summed E-state index contributed by atoms with van der Waals surface area (Å²) in [6.07, 6.45) is 0. The van der Waals surface area contributed by atoms with E-state index in [1.54, 1.807) is 17.0 Å². The number of carbonyl (C=O) groups excluding carboxylic acids is 2. The van der Waals surface area contributed by atoms with E-state index in [2.05, 4.69) is 5.32 Å². The summed E-state index contributed by atoms with van der Waals surface area (Å²) in [6, 6.07) is 11.3. The summed E-state index contributed by atoms with van der Waals surface area (Å²) in [5.74, 6) is -0.577. The molecule has 0 saturated carbocycles. The number of anilines is 2. The zero-order valence-electron chi connectivity index (χ0n) is 14.3. The number of nitrogens with zero attached hydrogens (tertiary/aromatic N) is 2. The lowest BCUT2D eigenvalue weighted by molar-refractivity contribution is -0.116. The fourth-order valence-corrected chi connectivity index (χ4v) is 2.95. The molecule has 0 unspecified atom stereocenters. The van der Waals surface area contributed by atoms with E-state index in [9.17, 15) is 14.0 Å². The highest BCUT2D eigenvalue weighted by atomic mass is 19.1. The molecule has 1 saturated heterocycles. The zero-order chi connectivity index (χ0) is 18.0. The number of para-hydroxylation sites is 1. The van der Waals surface area contributed by atoms with Crippen molar-refractivity contribution in [3.8, 4) is 0 Å². The van der Waals surface area contributed by atoms with Gasteiger partial charge in [0.2, 0.25) is 5.91 Å². The minimum atomic E-state index is -0.347. The normalized spacial score (nSPS) is 14.1. The molecule has 0 radical (unpaired) electrons. The first-order chi connectivity index (χ1) is 12.0. The van der Waals surface area contributed by atoms with Crippen LogP contribution in [0.1, 0.15) is 11.1 Å². The number of amides is 3. The number of halogens is 1. The average molecular weight is 341 g/mol. The first kappa shape index (κ1) is 17.0. The molecule has 0 spiro atoms. The maximum atomic E-state index is 13.0. The first-order valence-corrected chi connectivity index (χ1v) is 8.14. The van der Waals surface area contributed by atoms with Crippen LogP contribution in [-0.2, 0) is 4.79 Å². The Morgan fingerprint density at radius 2 is 1.72 bits per heavy atom. The second kappa shape index (κ2) is 6.93. The molecule has 3 rings (SSSR count). The Morgan fingerprint density at radius 1 is 1.08 bits per heavy atom. The summed E-state index contributed by atoms with van der Waals surface area (Å²) in [5, 5.41) is 2.89. The van der Waals surface area contributed by atoms with Gasteiger partial charge in [-0.15, -0.1) is 0 Å². The molecule has 1 aliphatic heterocycles. The molecule has 25 heavy (non-hydrogen) atoms. The molecule has 0 aliphatic carbocycles. The standard InChI is InChI=1S/C19H20FN3O2/c1-13-4-3-5-14(2)18(13)21-17(24)12-22-10-11-23(19(22)25)16-8-6-15(20)7-9-16/h3-9H,10-12H2,1-2H3,(H,21,24). The van der Waals surface area contributed by atoms with Gasteiger partial charge in [0.05, 0.1) is 0 Å². The van der Waals surface area contributed by atoms with E-state index in [0.717, 1.165) is 16.8 Å². The van der Waals surface area contributed by atoms with Crippen LogP contribution >= 0.6 is 0 Å². The lowest BCUT2D eigenvalue weighted by Gasteiger charge is -2.19. The summed E-state index contributed by atoms with van der Waals surface area (Å²) in [6.45, 7) is 4.78. The van der Waals surface area contributed by atoms with Crippen molar-refractivity contribution in [2.75, 3.05) is 29.9 Å². The highest BCUT2D eigenvalue weighted by Gasteiger charge is 2.30. The number of aryl methyl sites for hydroxylation is 2. The summed E-state index contributed by atoms with van der Waals surface area (Å²) in [4.78, 5) is 27.9. The molecule has 5 nitrogen and oxygen atoms in total. The molecule has 6 heteroatoms. The van der Waals surface area contributed by atoms with Crippen LogP contribution in [0, 0.1) is 19.7 Å². The topological polar surface area (TPSA) is 52.7 Å². The van der Waals surface area contributed by atoms with Gasteiger partial charge >= 0.3 is 6.03 Å². The third-order valence-corrected chi connectivity index (χ3v) is 4.31. The van der Waals surface area contributed by atoms with Gasteiger partial charge in [-0.3, -0.25) is 9.69 Å². The number of urea groups is 1. The fraction of sp³-hybridized carbons (Fsp3) is 0.263. The van der Waals surface area contributed by atoms with E-state index in [0.29, 0.717) is 18.8 Å². The summed E-state index contributed by atoms with van der Waals surface area (Å²) in [5.41, 5.74) is 3.38. The summed E-state index contributed by atoms with van der Waals surface area (Å²) >= 11 is 0. The number of nitrogens with one attached hydrogen (secondary N) is 1. The second-order valence-corrected chi connectivity index (χ2v) is 6.15. The van der Waals surface area contributed by atoms with Gasteiger partial charge in [-0.1, -0.05) is 18.2 Å². The van der Waals surface area contributed by atoms with Gasteiger partial charge in [0.15, 0.2) is 0 Å². The molecule has 0 bridgehead atoms. The van der Waals surface area contributed by atoms with Crippen molar-refractivity contribution in [3.63, 3.8) is 0 Å². The van der Waals surface area contributed by atoms with Crippen LogP contribution in [0.5, 0.6) is 0 Å². The number of carbonyl (C=O) groups is 2. The molecule has 1 N–H and O–H groups in total. The van der Waals surface area contributed by atoms with Gasteiger partial charge in [-0.05, 0) is 49.2 Å². The Morgan fingerprint density at radius 3 is 2.36 bits per heavy atom. The molecule has 0 atom stereocenters. The molecule has 3 amide bonds. The van der Waals surface area contributed by atoms with Crippen LogP contribution in [0.2, 0.25) is 0 Å². The minimum absolute atomic E-state index is 0.00962. The predicted molar refractivity (Wildman–Crippen MR) is 95.3 cm³/mol. The molecule has 2 aromatic rings. The van der Waals surface area contributed by atoms with Crippen LogP contribution in [0.15, 0.2) is 42.5 Å². The van der Waals surface area contributed by atoms with Gasteiger partial charge in [-0.25, -0.2) is 9.18 Å². The van der Waals surface area contributed by atoms with Crippen LogP contribution in [0.4, 0.5) is 20.6 Å². The maximum absolute atomic E-state index is 13.0. The van der Waals surface area contributed by atoms with Gasteiger partial charge in [-0.2, -0.15) is 0 Å². The van der Waals surface area contributed by atoms with Crippen molar-refractivity contribution < 1.29 is 14.0 Å². The second-order valence-electron chi connectivity index (χ2n) is 6.15. The van der Waals surface area contributed by atoms with Crippen molar-refractivity contribution in [2.24, 2.45) is 0 Å². The molecular weight excluding hydrogens is 321 g/mol. The SMILES string of the molecule is Cc1cccc(C)c1NC(=O)CN1CCN(c2ccc(F)cc2)C1=O.